The number of furan rings is 1. The van der Waals surface area contributed by atoms with Crippen molar-refractivity contribution in [1.82, 2.24) is 0 Å². The van der Waals surface area contributed by atoms with Crippen molar-refractivity contribution in [3.05, 3.63) is 36.3 Å². The van der Waals surface area contributed by atoms with Crippen LogP contribution >= 0.6 is 0 Å². The van der Waals surface area contributed by atoms with E-state index >= 15 is 0 Å². The molecule has 8 nitrogen and oxygen atoms in total. The third-order valence-electron chi connectivity index (χ3n) is 11.1. The summed E-state index contributed by atoms with van der Waals surface area (Å²) in [7, 11) is 0. The van der Waals surface area contributed by atoms with Gasteiger partial charge in [0.25, 0.3) is 0 Å². The Labute approximate surface area is 197 Å². The number of aliphatic hydroxyl groups is 2. The standard InChI is InChI=1S/C26H30O8/c1-21(2)25-15(27)6-9-24(25,12-32-21)14-5-8-22(3)18(13-7-10-31-11-13)33-20(30)19-26(22,34-19)23(14,4)16(28)17(25)29/h6-7,9-11,14,16-19,28-29H,5,8,12H2,1-4H3/t14-,16+,17-,18-,19+,22-,23-,24-,25-,26+/m0/s1. The highest BCUT2D eigenvalue weighted by Crippen LogP contribution is 2.82. The highest BCUT2D eigenvalue weighted by Gasteiger charge is 2.92. The van der Waals surface area contributed by atoms with Crippen molar-refractivity contribution in [1.29, 1.82) is 0 Å². The Morgan fingerprint density at radius 2 is 1.82 bits per heavy atom. The van der Waals surface area contributed by atoms with Crippen LogP contribution in [-0.4, -0.2) is 58.1 Å². The molecule has 1 spiro atoms. The van der Waals surface area contributed by atoms with Gasteiger partial charge in [-0.25, -0.2) is 4.79 Å². The van der Waals surface area contributed by atoms with Crippen LogP contribution in [0, 0.1) is 27.6 Å². The fraction of sp³-hybridized carbons (Fsp3) is 0.692. The molecule has 3 aliphatic heterocycles. The first kappa shape index (κ1) is 21.3. The lowest BCUT2D eigenvalue weighted by Gasteiger charge is -2.68. The summed E-state index contributed by atoms with van der Waals surface area (Å²) in [6.45, 7) is 7.88. The molecule has 0 unspecified atom stereocenters. The number of hydrogen-bond acceptors (Lipinski definition) is 8. The third kappa shape index (κ3) is 1.72. The zero-order chi connectivity index (χ0) is 24.1. The Morgan fingerprint density at radius 3 is 2.53 bits per heavy atom. The van der Waals surface area contributed by atoms with Gasteiger partial charge in [-0.1, -0.05) is 19.9 Å². The van der Waals surface area contributed by atoms with Gasteiger partial charge < -0.3 is 28.8 Å². The number of epoxide rings is 1. The van der Waals surface area contributed by atoms with Crippen LogP contribution in [0.1, 0.15) is 52.2 Å². The normalized spacial score (nSPS) is 56.1. The van der Waals surface area contributed by atoms with Crippen LogP contribution < -0.4 is 0 Å². The smallest absolute Gasteiger partial charge is 0.339 e. The zero-order valence-corrected chi connectivity index (χ0v) is 19.7. The molecule has 3 saturated heterocycles. The van der Waals surface area contributed by atoms with Crippen LogP contribution in [0.4, 0.5) is 0 Å². The van der Waals surface area contributed by atoms with Gasteiger partial charge in [-0.2, -0.15) is 0 Å². The van der Waals surface area contributed by atoms with E-state index in [1.807, 2.05) is 33.8 Å². The highest BCUT2D eigenvalue weighted by molar-refractivity contribution is 6.01. The Morgan fingerprint density at radius 1 is 1.06 bits per heavy atom. The average Bonchev–Trinajstić information content (AvgIpc) is 3.08. The van der Waals surface area contributed by atoms with Gasteiger partial charge >= 0.3 is 5.97 Å². The molecule has 0 amide bonds. The van der Waals surface area contributed by atoms with Gasteiger partial charge in [-0.15, -0.1) is 0 Å². The number of allylic oxidation sites excluding steroid dienone is 1. The van der Waals surface area contributed by atoms with Gasteiger partial charge in [0.05, 0.1) is 36.9 Å². The van der Waals surface area contributed by atoms with E-state index in [1.54, 1.807) is 24.7 Å². The Kier molecular flexibility index (Phi) is 3.57. The average molecular weight is 471 g/mol. The monoisotopic (exact) mass is 470 g/mol. The maximum atomic E-state index is 13.5. The minimum absolute atomic E-state index is 0.206. The van der Waals surface area contributed by atoms with Crippen LogP contribution in [0.15, 0.2) is 35.2 Å². The Bertz CT molecular complexity index is 1160. The molecule has 6 aliphatic rings. The highest BCUT2D eigenvalue weighted by atomic mass is 16.7. The lowest BCUT2D eigenvalue weighted by Crippen LogP contribution is -2.78. The molecule has 2 N–H and O–H groups in total. The van der Waals surface area contributed by atoms with E-state index in [0.717, 1.165) is 5.56 Å². The van der Waals surface area contributed by atoms with Crippen LogP contribution in [0.3, 0.4) is 0 Å². The number of ether oxygens (including phenoxy) is 3. The molecule has 8 heteroatoms. The molecule has 2 saturated carbocycles. The van der Waals surface area contributed by atoms with E-state index in [0.29, 0.717) is 12.8 Å². The first-order valence-corrected chi connectivity index (χ1v) is 12.1. The number of hydrogen-bond donors (Lipinski definition) is 2. The summed E-state index contributed by atoms with van der Waals surface area (Å²) < 4.78 is 23.8. The number of ketones is 1. The summed E-state index contributed by atoms with van der Waals surface area (Å²) in [6, 6.07) is 1.79. The number of aliphatic hydroxyl groups excluding tert-OH is 2. The predicted octanol–water partition coefficient (Wildman–Crippen LogP) is 2.09. The molecule has 4 heterocycles. The molecule has 0 radical (unpaired) electrons. The van der Waals surface area contributed by atoms with Crippen LogP contribution in [-0.2, 0) is 23.8 Å². The number of carbonyl (C=O) groups is 2. The second-order valence-corrected chi connectivity index (χ2v) is 12.1. The van der Waals surface area contributed by atoms with E-state index in [9.17, 15) is 19.8 Å². The molecule has 1 aromatic rings. The van der Waals surface area contributed by atoms with Gasteiger partial charge in [-0.3, -0.25) is 4.79 Å². The van der Waals surface area contributed by atoms with E-state index < -0.39 is 63.2 Å². The van der Waals surface area contributed by atoms with E-state index in [-0.39, 0.29) is 18.3 Å². The third-order valence-corrected chi connectivity index (χ3v) is 11.1. The molecular formula is C26H30O8. The molecule has 5 fully saturated rings. The molecule has 3 aliphatic carbocycles. The predicted molar refractivity (Wildman–Crippen MR) is 115 cm³/mol. The summed E-state index contributed by atoms with van der Waals surface area (Å²) >= 11 is 0. The Balaban J connectivity index is 1.46. The summed E-state index contributed by atoms with van der Waals surface area (Å²) in [4.78, 5) is 26.6. The maximum Gasteiger partial charge on any atom is 0.339 e. The van der Waals surface area contributed by atoms with Crippen molar-refractivity contribution in [2.45, 2.75) is 76.2 Å². The molecule has 1 aromatic heterocycles. The zero-order valence-electron chi connectivity index (χ0n) is 19.7. The molecule has 34 heavy (non-hydrogen) atoms. The van der Waals surface area contributed by atoms with Crippen molar-refractivity contribution in [2.24, 2.45) is 27.6 Å². The summed E-state index contributed by atoms with van der Waals surface area (Å²) in [5, 5.41) is 23.8. The first-order chi connectivity index (χ1) is 16.0. The molecule has 0 bridgehead atoms. The molecule has 7 rings (SSSR count). The summed E-state index contributed by atoms with van der Waals surface area (Å²) in [5.41, 5.74) is -5.09. The van der Waals surface area contributed by atoms with Crippen molar-refractivity contribution in [2.75, 3.05) is 6.61 Å². The minimum Gasteiger partial charge on any atom is -0.472 e. The van der Waals surface area contributed by atoms with Gasteiger partial charge in [0.2, 0.25) is 0 Å². The van der Waals surface area contributed by atoms with E-state index in [2.05, 4.69) is 0 Å². The van der Waals surface area contributed by atoms with Gasteiger partial charge in [0.15, 0.2) is 11.9 Å². The number of carbonyl (C=O) groups excluding carboxylic acids is 2. The molecule has 182 valence electrons. The van der Waals surface area contributed by atoms with Gasteiger partial charge in [-0.05, 0) is 44.7 Å². The first-order valence-electron chi connectivity index (χ1n) is 12.1. The van der Waals surface area contributed by atoms with E-state index in [1.165, 1.54) is 0 Å². The van der Waals surface area contributed by atoms with Gasteiger partial charge in [0.1, 0.15) is 17.1 Å². The number of rotatable bonds is 1. The second-order valence-electron chi connectivity index (χ2n) is 12.1. The topological polar surface area (TPSA) is 119 Å². The molecule has 10 atom stereocenters. The molecule has 0 aromatic carbocycles. The minimum atomic E-state index is -1.39. The fourth-order valence-corrected chi connectivity index (χ4v) is 9.71. The Hall–Kier alpha value is -2.00. The number of fused-ring (bicyclic) bond motifs is 1. The van der Waals surface area contributed by atoms with Crippen LogP contribution in [0.2, 0.25) is 0 Å². The van der Waals surface area contributed by atoms with Gasteiger partial charge in [0, 0.05) is 21.8 Å². The summed E-state index contributed by atoms with van der Waals surface area (Å²) in [6.07, 6.45) is 3.75. The number of cyclic esters (lactones) is 1. The van der Waals surface area contributed by atoms with Crippen molar-refractivity contribution in [3.63, 3.8) is 0 Å². The maximum absolute atomic E-state index is 13.5. The van der Waals surface area contributed by atoms with Crippen LogP contribution in [0.25, 0.3) is 0 Å². The van der Waals surface area contributed by atoms with E-state index in [4.69, 9.17) is 18.6 Å². The quantitative estimate of drug-likeness (QED) is 0.473. The van der Waals surface area contributed by atoms with Crippen molar-refractivity contribution in [3.8, 4) is 0 Å². The SMILES string of the molecule is CC1(C)OC[C@]23C=CC(=O)[C@]12[C@@H](O)[C@@H](O)[C@]1(C)[C@@H]3CC[C@@]2(C)[C@H](c3ccoc3)OC(=O)[C@H]3O[C@@]312. The fourth-order valence-electron chi connectivity index (χ4n) is 9.71. The lowest BCUT2D eigenvalue weighted by molar-refractivity contribution is -0.283. The van der Waals surface area contributed by atoms with Crippen molar-refractivity contribution < 1.29 is 38.4 Å². The van der Waals surface area contributed by atoms with Crippen molar-refractivity contribution >= 4 is 11.8 Å². The largest absolute Gasteiger partial charge is 0.472 e. The second kappa shape index (κ2) is 5.69. The summed E-state index contributed by atoms with van der Waals surface area (Å²) in [5.74, 6) is -0.929. The number of esters is 1. The van der Waals surface area contributed by atoms with Crippen LogP contribution in [0.5, 0.6) is 0 Å². The lowest BCUT2D eigenvalue weighted by atomic mass is 9.34. The molecular weight excluding hydrogens is 440 g/mol.